The van der Waals surface area contributed by atoms with Crippen molar-refractivity contribution in [3.63, 3.8) is 0 Å². The average molecular weight is 715 g/mol. The molecular weight excluding hydrogens is 677 g/mol. The zero-order chi connectivity index (χ0) is 37.4. The van der Waals surface area contributed by atoms with Crippen LogP contribution in [0.4, 0.5) is 0 Å². The summed E-state index contributed by atoms with van der Waals surface area (Å²) in [7, 11) is 0. The molecule has 10 aromatic rings. The second kappa shape index (κ2) is 12.5. The summed E-state index contributed by atoms with van der Waals surface area (Å²) in [5, 5.41) is 5.03. The van der Waals surface area contributed by atoms with Gasteiger partial charge in [-0.2, -0.15) is 0 Å². The molecule has 0 N–H and O–H groups in total. The molecule has 0 aliphatic heterocycles. The number of nitrogens with zero attached hydrogens (tertiary/aromatic N) is 2. The first-order chi connectivity index (χ1) is 27.6. The van der Waals surface area contributed by atoms with Crippen LogP contribution in [0, 0.1) is 0 Å². The number of rotatable bonds is 5. The Morgan fingerprint density at radius 3 is 1.73 bits per heavy atom. The van der Waals surface area contributed by atoms with Gasteiger partial charge in [0, 0.05) is 16.7 Å². The van der Waals surface area contributed by atoms with Crippen LogP contribution < -0.4 is 0 Å². The quantitative estimate of drug-likeness (QED) is 0.162. The summed E-state index contributed by atoms with van der Waals surface area (Å²) >= 11 is 0. The van der Waals surface area contributed by atoms with E-state index in [0.717, 1.165) is 28.1 Å². The highest BCUT2D eigenvalue weighted by molar-refractivity contribution is 6.23. The zero-order valence-electron chi connectivity index (χ0n) is 31.4. The predicted molar refractivity (Wildman–Crippen MR) is 235 cm³/mol. The summed E-state index contributed by atoms with van der Waals surface area (Å²) in [6.07, 6.45) is 0. The van der Waals surface area contributed by atoms with Crippen molar-refractivity contribution in [2.75, 3.05) is 0 Å². The van der Waals surface area contributed by atoms with E-state index in [0.29, 0.717) is 0 Å². The van der Waals surface area contributed by atoms with Gasteiger partial charge in [0.15, 0.2) is 0 Å². The minimum absolute atomic E-state index is 0.133. The minimum Gasteiger partial charge on any atom is -0.292 e. The van der Waals surface area contributed by atoms with Gasteiger partial charge in [0.2, 0.25) is 0 Å². The van der Waals surface area contributed by atoms with E-state index < -0.39 is 0 Å². The second-order valence-electron chi connectivity index (χ2n) is 15.5. The summed E-state index contributed by atoms with van der Waals surface area (Å²) in [5.74, 6) is 0.934. The van der Waals surface area contributed by atoms with E-state index in [1.165, 1.54) is 77.2 Å². The van der Waals surface area contributed by atoms with Crippen molar-refractivity contribution < 1.29 is 0 Å². The molecule has 56 heavy (non-hydrogen) atoms. The number of aromatic nitrogens is 2. The topological polar surface area (TPSA) is 17.8 Å². The molecular formula is C54H38N2. The zero-order valence-corrected chi connectivity index (χ0v) is 31.4. The Labute approximate surface area is 327 Å². The first-order valence-electron chi connectivity index (χ1n) is 19.5. The van der Waals surface area contributed by atoms with Crippen LogP contribution in [-0.4, -0.2) is 9.55 Å². The van der Waals surface area contributed by atoms with Gasteiger partial charge in [-0.25, -0.2) is 4.98 Å². The Balaban J connectivity index is 1.20. The molecule has 1 aromatic heterocycles. The summed E-state index contributed by atoms with van der Waals surface area (Å²) in [6.45, 7) is 4.76. The van der Waals surface area contributed by atoms with Gasteiger partial charge < -0.3 is 0 Å². The van der Waals surface area contributed by atoms with Crippen LogP contribution in [0.2, 0.25) is 0 Å². The van der Waals surface area contributed by atoms with Gasteiger partial charge in [-0.3, -0.25) is 4.57 Å². The molecule has 1 heterocycles. The normalized spacial score (nSPS) is 13.0. The van der Waals surface area contributed by atoms with E-state index in [1.807, 2.05) is 0 Å². The molecule has 9 aromatic carbocycles. The molecule has 0 bridgehead atoms. The minimum atomic E-state index is -0.133. The van der Waals surface area contributed by atoms with E-state index in [2.05, 4.69) is 213 Å². The van der Waals surface area contributed by atoms with E-state index in [9.17, 15) is 0 Å². The van der Waals surface area contributed by atoms with Gasteiger partial charge >= 0.3 is 0 Å². The molecule has 0 spiro atoms. The molecule has 0 atom stereocenters. The molecule has 2 heteroatoms. The Kier molecular flexibility index (Phi) is 7.24. The highest BCUT2D eigenvalue weighted by Crippen LogP contribution is 2.54. The third kappa shape index (κ3) is 4.86. The van der Waals surface area contributed by atoms with Crippen molar-refractivity contribution in [3.8, 4) is 61.6 Å². The molecule has 0 unspecified atom stereocenters. The highest BCUT2D eigenvalue weighted by Gasteiger charge is 2.36. The lowest BCUT2D eigenvalue weighted by atomic mass is 9.79. The third-order valence-electron chi connectivity index (χ3n) is 12.0. The maximum absolute atomic E-state index is 5.18. The number of imidazole rings is 1. The molecule has 0 radical (unpaired) electrons. The Hall–Kier alpha value is -7.03. The van der Waals surface area contributed by atoms with E-state index in [1.54, 1.807) is 0 Å². The maximum atomic E-state index is 5.18. The predicted octanol–water partition coefficient (Wildman–Crippen LogP) is 14.3. The summed E-state index contributed by atoms with van der Waals surface area (Å²) in [5.41, 5.74) is 17.0. The monoisotopic (exact) mass is 714 g/mol. The number of para-hydroxylation sites is 3. The Morgan fingerprint density at radius 2 is 0.964 bits per heavy atom. The first-order valence-corrected chi connectivity index (χ1v) is 19.5. The van der Waals surface area contributed by atoms with Crippen LogP contribution >= 0.6 is 0 Å². The summed E-state index contributed by atoms with van der Waals surface area (Å²) in [4.78, 5) is 5.18. The Morgan fingerprint density at radius 1 is 0.393 bits per heavy atom. The Bertz CT molecular complexity index is 3130. The highest BCUT2D eigenvalue weighted by atomic mass is 15.1. The molecule has 11 rings (SSSR count). The van der Waals surface area contributed by atoms with Gasteiger partial charge in [-0.15, -0.1) is 0 Å². The van der Waals surface area contributed by atoms with Gasteiger partial charge in [0.05, 0.1) is 11.0 Å². The van der Waals surface area contributed by atoms with Crippen LogP contribution in [0.3, 0.4) is 0 Å². The summed E-state index contributed by atoms with van der Waals surface area (Å²) in [6, 6.07) is 70.8. The molecule has 0 amide bonds. The van der Waals surface area contributed by atoms with Crippen molar-refractivity contribution in [2.45, 2.75) is 19.3 Å². The second-order valence-corrected chi connectivity index (χ2v) is 15.5. The fourth-order valence-corrected chi connectivity index (χ4v) is 9.39. The van der Waals surface area contributed by atoms with Gasteiger partial charge in [0.1, 0.15) is 5.82 Å². The largest absolute Gasteiger partial charge is 0.292 e. The number of hydrogen-bond acceptors (Lipinski definition) is 1. The lowest BCUT2D eigenvalue weighted by Crippen LogP contribution is -2.14. The molecule has 264 valence electrons. The molecule has 1 aliphatic carbocycles. The van der Waals surface area contributed by atoms with Crippen molar-refractivity contribution >= 4 is 32.6 Å². The van der Waals surface area contributed by atoms with Crippen molar-refractivity contribution in [1.29, 1.82) is 0 Å². The van der Waals surface area contributed by atoms with Crippen LogP contribution in [0.1, 0.15) is 25.0 Å². The van der Waals surface area contributed by atoms with Crippen LogP contribution in [0.25, 0.3) is 94.2 Å². The van der Waals surface area contributed by atoms with Gasteiger partial charge in [-0.1, -0.05) is 172 Å². The van der Waals surface area contributed by atoms with Crippen LogP contribution in [0.5, 0.6) is 0 Å². The smallest absolute Gasteiger partial charge is 0.145 e. The summed E-state index contributed by atoms with van der Waals surface area (Å²) < 4.78 is 2.27. The van der Waals surface area contributed by atoms with E-state index >= 15 is 0 Å². The number of fused-ring (bicyclic) bond motifs is 6. The standard InChI is InChI=1S/C54H38N2/c1-54(2)47-26-14-13-22-40(47)44-33-45-46(34-48(44)54)51(42-24-11-12-25-43(42)52(45)41-23-10-9-21-39(41)35-17-5-3-6-18-35)36-29-31-37(32-30-36)53-55-49-27-15-16-28-50(49)56(53)38-19-7-4-8-20-38/h3-34H,1-2H3. The number of benzene rings is 9. The lowest BCUT2D eigenvalue weighted by molar-refractivity contribution is 0.661. The van der Waals surface area contributed by atoms with Gasteiger partial charge in [-0.05, 0) is 114 Å². The first kappa shape index (κ1) is 32.4. The van der Waals surface area contributed by atoms with Crippen LogP contribution in [0.15, 0.2) is 194 Å². The van der Waals surface area contributed by atoms with Crippen molar-refractivity contribution in [1.82, 2.24) is 9.55 Å². The van der Waals surface area contributed by atoms with E-state index in [4.69, 9.17) is 4.98 Å². The van der Waals surface area contributed by atoms with Crippen LogP contribution in [-0.2, 0) is 5.41 Å². The lowest BCUT2D eigenvalue weighted by Gasteiger charge is -2.24. The SMILES string of the molecule is CC1(C)c2ccccc2-c2cc3c(-c4ccccc4-c4ccccc4)c4ccccc4c(-c4ccc(-c5nc6ccccc6n5-c5ccccc5)cc4)c3cc21. The molecule has 0 fully saturated rings. The molecule has 2 nitrogen and oxygen atoms in total. The number of hydrogen-bond donors (Lipinski definition) is 0. The fraction of sp³-hybridized carbons (Fsp3) is 0.0556. The van der Waals surface area contributed by atoms with Crippen molar-refractivity contribution in [3.05, 3.63) is 205 Å². The van der Waals surface area contributed by atoms with Crippen molar-refractivity contribution in [2.24, 2.45) is 0 Å². The van der Waals surface area contributed by atoms with Gasteiger partial charge in [0.25, 0.3) is 0 Å². The third-order valence-corrected chi connectivity index (χ3v) is 12.0. The fourth-order valence-electron chi connectivity index (χ4n) is 9.39. The average Bonchev–Trinajstić information content (AvgIpc) is 3.75. The molecule has 0 saturated heterocycles. The molecule has 0 saturated carbocycles. The van der Waals surface area contributed by atoms with E-state index in [-0.39, 0.29) is 5.41 Å². The maximum Gasteiger partial charge on any atom is 0.145 e. The molecule has 1 aliphatic rings.